The summed E-state index contributed by atoms with van der Waals surface area (Å²) in [7, 11) is 0. The summed E-state index contributed by atoms with van der Waals surface area (Å²) in [5, 5.41) is 0. The van der Waals surface area contributed by atoms with Crippen molar-refractivity contribution in [2.75, 3.05) is 26.2 Å². The Labute approximate surface area is 150 Å². The van der Waals surface area contributed by atoms with Crippen LogP contribution in [0, 0.1) is 0 Å². The van der Waals surface area contributed by atoms with Crippen molar-refractivity contribution in [3.63, 3.8) is 0 Å². The van der Waals surface area contributed by atoms with Crippen molar-refractivity contribution < 1.29 is 0 Å². The van der Waals surface area contributed by atoms with E-state index >= 15 is 0 Å². The maximum atomic E-state index is 5.75. The van der Waals surface area contributed by atoms with Gasteiger partial charge in [-0.25, -0.2) is 0 Å². The van der Waals surface area contributed by atoms with Crippen molar-refractivity contribution >= 4 is 30.6 Å². The van der Waals surface area contributed by atoms with Crippen LogP contribution in [0.5, 0.6) is 0 Å². The molecule has 2 aromatic carbocycles. The van der Waals surface area contributed by atoms with E-state index in [1.54, 1.807) is 0 Å². The fourth-order valence-electron chi connectivity index (χ4n) is 2.94. The maximum Gasteiger partial charge on any atom is 0.111 e. The van der Waals surface area contributed by atoms with E-state index in [2.05, 4.69) is 65.6 Å². The number of amidine groups is 1. The first-order valence-corrected chi connectivity index (χ1v) is 7.49. The summed E-state index contributed by atoms with van der Waals surface area (Å²) < 4.78 is 0. The molecule has 3 nitrogen and oxygen atoms in total. The molecule has 124 valence electrons. The fraction of sp³-hybridized carbons (Fsp3) is 0.278. The first kappa shape index (κ1) is 19.5. The van der Waals surface area contributed by atoms with Crippen LogP contribution in [0.1, 0.15) is 17.0 Å². The molecule has 0 saturated heterocycles. The molecule has 0 saturated carbocycles. The van der Waals surface area contributed by atoms with Gasteiger partial charge in [0, 0.05) is 19.6 Å². The maximum absolute atomic E-state index is 5.75. The molecule has 0 aromatic heterocycles. The van der Waals surface area contributed by atoms with Crippen LogP contribution in [-0.2, 0) is 0 Å². The van der Waals surface area contributed by atoms with E-state index in [-0.39, 0.29) is 30.7 Å². The molecule has 0 aliphatic carbocycles. The lowest BCUT2D eigenvalue weighted by Gasteiger charge is -2.27. The fourth-order valence-corrected chi connectivity index (χ4v) is 2.94. The second kappa shape index (κ2) is 9.56. The molecular weight excluding hydrogens is 329 g/mol. The van der Waals surface area contributed by atoms with Gasteiger partial charge in [0.15, 0.2) is 0 Å². The van der Waals surface area contributed by atoms with Gasteiger partial charge in [-0.05, 0) is 11.1 Å². The topological polar surface area (TPSA) is 41.6 Å². The van der Waals surface area contributed by atoms with Crippen molar-refractivity contribution in [1.82, 2.24) is 4.90 Å². The van der Waals surface area contributed by atoms with Crippen LogP contribution in [0.15, 0.2) is 65.7 Å². The van der Waals surface area contributed by atoms with Crippen LogP contribution < -0.4 is 5.73 Å². The van der Waals surface area contributed by atoms with Crippen LogP contribution in [0.3, 0.4) is 0 Å². The van der Waals surface area contributed by atoms with Crippen LogP contribution in [0.4, 0.5) is 0 Å². The minimum atomic E-state index is 0. The number of rotatable bonds is 5. The predicted octanol–water partition coefficient (Wildman–Crippen LogP) is 3.33. The second-order valence-electron chi connectivity index (χ2n) is 5.27. The van der Waals surface area contributed by atoms with Crippen molar-refractivity contribution in [3.05, 3.63) is 71.8 Å². The minimum absolute atomic E-state index is 0. The van der Waals surface area contributed by atoms with Gasteiger partial charge in [0.25, 0.3) is 0 Å². The lowest BCUT2D eigenvalue weighted by Crippen LogP contribution is -2.36. The number of halogens is 2. The Balaban J connectivity index is 0.00000132. The zero-order chi connectivity index (χ0) is 14.5. The molecule has 0 fully saturated rings. The summed E-state index contributed by atoms with van der Waals surface area (Å²) >= 11 is 0. The molecule has 1 aliphatic rings. The van der Waals surface area contributed by atoms with E-state index in [9.17, 15) is 0 Å². The number of hydrogen-bond donors (Lipinski definition) is 1. The molecular formula is C18H23Cl2N3. The number of aliphatic imine (C=N–C) groups is 1. The minimum Gasteiger partial charge on any atom is -0.356 e. The Morgan fingerprint density at radius 1 is 0.913 bits per heavy atom. The second-order valence-corrected chi connectivity index (χ2v) is 5.27. The lowest BCUT2D eigenvalue weighted by molar-refractivity contribution is 0.457. The monoisotopic (exact) mass is 351 g/mol. The summed E-state index contributed by atoms with van der Waals surface area (Å²) in [6.07, 6.45) is 0. The molecule has 5 heteroatoms. The SMILES string of the molecule is Cl.Cl.NCCN1CCN=C1C(c1ccccc1)c1ccccc1. The molecule has 23 heavy (non-hydrogen) atoms. The van der Waals surface area contributed by atoms with E-state index in [1.165, 1.54) is 11.1 Å². The van der Waals surface area contributed by atoms with Gasteiger partial charge < -0.3 is 10.6 Å². The highest BCUT2D eigenvalue weighted by atomic mass is 35.5. The van der Waals surface area contributed by atoms with Gasteiger partial charge in [-0.3, -0.25) is 4.99 Å². The zero-order valence-corrected chi connectivity index (χ0v) is 14.6. The van der Waals surface area contributed by atoms with Crippen molar-refractivity contribution in [2.24, 2.45) is 10.7 Å². The van der Waals surface area contributed by atoms with Crippen LogP contribution in [0.2, 0.25) is 0 Å². The van der Waals surface area contributed by atoms with Crippen molar-refractivity contribution in [1.29, 1.82) is 0 Å². The van der Waals surface area contributed by atoms with E-state index in [4.69, 9.17) is 10.7 Å². The Morgan fingerprint density at radius 2 is 1.43 bits per heavy atom. The summed E-state index contributed by atoms with van der Waals surface area (Å²) in [6, 6.07) is 21.2. The summed E-state index contributed by atoms with van der Waals surface area (Å²) in [5.74, 6) is 1.35. The molecule has 0 unspecified atom stereocenters. The third kappa shape index (κ3) is 4.47. The number of benzene rings is 2. The Bertz CT molecular complexity index is 563. The van der Waals surface area contributed by atoms with E-state index in [0.717, 1.165) is 25.5 Å². The van der Waals surface area contributed by atoms with Gasteiger partial charge in [-0.1, -0.05) is 60.7 Å². The molecule has 1 aliphatic heterocycles. The molecule has 3 rings (SSSR count). The number of nitrogens with zero attached hydrogens (tertiary/aromatic N) is 2. The largest absolute Gasteiger partial charge is 0.356 e. The summed E-state index contributed by atoms with van der Waals surface area (Å²) in [6.45, 7) is 3.37. The lowest BCUT2D eigenvalue weighted by atomic mass is 9.89. The van der Waals surface area contributed by atoms with Gasteiger partial charge in [0.2, 0.25) is 0 Å². The van der Waals surface area contributed by atoms with E-state index in [0.29, 0.717) is 6.54 Å². The normalized spacial score (nSPS) is 13.3. The van der Waals surface area contributed by atoms with Gasteiger partial charge in [-0.2, -0.15) is 0 Å². The average molecular weight is 352 g/mol. The molecule has 0 spiro atoms. The Morgan fingerprint density at radius 3 is 1.91 bits per heavy atom. The first-order chi connectivity index (χ1) is 10.4. The zero-order valence-electron chi connectivity index (χ0n) is 13.0. The quantitative estimate of drug-likeness (QED) is 0.897. The number of hydrogen-bond acceptors (Lipinski definition) is 3. The molecule has 2 N–H and O–H groups in total. The van der Waals surface area contributed by atoms with Crippen LogP contribution in [0.25, 0.3) is 0 Å². The standard InChI is InChI=1S/C18H21N3.2ClH/c19-11-13-21-14-12-20-18(21)17(15-7-3-1-4-8-15)16-9-5-2-6-10-16;;/h1-10,17H,11-14,19H2;2*1H. The number of nitrogens with two attached hydrogens (primary N) is 1. The summed E-state index contributed by atoms with van der Waals surface area (Å²) in [5.41, 5.74) is 8.32. The molecule has 2 aromatic rings. The molecule has 0 amide bonds. The van der Waals surface area contributed by atoms with Crippen molar-refractivity contribution in [2.45, 2.75) is 5.92 Å². The third-order valence-corrected chi connectivity index (χ3v) is 3.89. The average Bonchev–Trinajstić information content (AvgIpc) is 2.98. The highest BCUT2D eigenvalue weighted by Gasteiger charge is 2.27. The Hall–Kier alpha value is -1.55. The van der Waals surface area contributed by atoms with E-state index < -0.39 is 0 Å². The smallest absolute Gasteiger partial charge is 0.111 e. The third-order valence-electron chi connectivity index (χ3n) is 3.89. The molecule has 0 atom stereocenters. The van der Waals surface area contributed by atoms with E-state index in [1.807, 2.05) is 0 Å². The highest BCUT2D eigenvalue weighted by molar-refractivity contribution is 5.93. The summed E-state index contributed by atoms with van der Waals surface area (Å²) in [4.78, 5) is 7.10. The van der Waals surface area contributed by atoms with Crippen molar-refractivity contribution in [3.8, 4) is 0 Å². The molecule has 0 radical (unpaired) electrons. The van der Waals surface area contributed by atoms with Gasteiger partial charge in [-0.15, -0.1) is 24.8 Å². The first-order valence-electron chi connectivity index (χ1n) is 7.49. The van der Waals surface area contributed by atoms with Gasteiger partial charge in [0.05, 0.1) is 12.5 Å². The van der Waals surface area contributed by atoms with Crippen LogP contribution in [-0.4, -0.2) is 36.9 Å². The molecule has 1 heterocycles. The highest BCUT2D eigenvalue weighted by Crippen LogP contribution is 2.29. The van der Waals surface area contributed by atoms with Gasteiger partial charge >= 0.3 is 0 Å². The predicted molar refractivity (Wildman–Crippen MR) is 102 cm³/mol. The van der Waals surface area contributed by atoms with Crippen LogP contribution >= 0.6 is 24.8 Å². The molecule has 0 bridgehead atoms. The van der Waals surface area contributed by atoms with Gasteiger partial charge in [0.1, 0.15) is 5.84 Å². The Kier molecular flexibility index (Phi) is 8.10.